The van der Waals surface area contributed by atoms with Crippen LogP contribution in [0.2, 0.25) is 0 Å². The maximum atomic E-state index is 4.18. The van der Waals surface area contributed by atoms with Crippen molar-refractivity contribution in [3.8, 4) is 0 Å². The summed E-state index contributed by atoms with van der Waals surface area (Å²) in [5, 5.41) is 11.6. The minimum atomic E-state index is 0.406. The van der Waals surface area contributed by atoms with Crippen molar-refractivity contribution >= 4 is 0 Å². The zero-order valence-corrected chi connectivity index (χ0v) is 11.8. The minimum absolute atomic E-state index is 0.406. The third-order valence-electron chi connectivity index (χ3n) is 4.98. The smallest absolute Gasteiger partial charge is 0.0842 e. The van der Waals surface area contributed by atoms with E-state index in [9.17, 15) is 0 Å². The van der Waals surface area contributed by atoms with Crippen LogP contribution >= 0.6 is 0 Å². The van der Waals surface area contributed by atoms with Crippen LogP contribution in [0.4, 0.5) is 0 Å². The Balaban J connectivity index is 2.09. The number of likely N-dealkylation sites (N-methyl/N-ethyl adjacent to an activating group) is 1. The van der Waals surface area contributed by atoms with Crippen molar-refractivity contribution in [1.82, 2.24) is 20.3 Å². The Labute approximate surface area is 104 Å². The molecule has 1 aliphatic carbocycles. The molecule has 1 heterocycles. The van der Waals surface area contributed by atoms with Gasteiger partial charge in [-0.15, -0.1) is 5.10 Å². The minimum Gasteiger partial charge on any atom is -0.316 e. The molecule has 1 atom stereocenters. The normalized spacial score (nSPS) is 23.6. The Hall–Kier alpha value is -0.900. The lowest BCUT2D eigenvalue weighted by molar-refractivity contribution is 0.418. The quantitative estimate of drug-likeness (QED) is 0.864. The second kappa shape index (κ2) is 3.80. The summed E-state index contributed by atoms with van der Waals surface area (Å²) in [5.74, 6) is 0.696. The number of aromatic nitrogens is 3. The van der Waals surface area contributed by atoms with Gasteiger partial charge in [-0.3, -0.25) is 4.68 Å². The van der Waals surface area contributed by atoms with E-state index in [2.05, 4.69) is 43.3 Å². The first-order valence-corrected chi connectivity index (χ1v) is 6.33. The summed E-state index contributed by atoms with van der Waals surface area (Å²) >= 11 is 0. The molecule has 1 aromatic heterocycles. The van der Waals surface area contributed by atoms with Crippen LogP contribution < -0.4 is 5.32 Å². The fraction of sp³-hybridized carbons (Fsp3) is 0.846. The van der Waals surface area contributed by atoms with Gasteiger partial charge in [-0.1, -0.05) is 32.9 Å². The maximum absolute atomic E-state index is 4.18. The first kappa shape index (κ1) is 12.6. The molecule has 96 valence electrons. The van der Waals surface area contributed by atoms with Crippen molar-refractivity contribution in [1.29, 1.82) is 0 Å². The summed E-state index contributed by atoms with van der Waals surface area (Å²) in [7, 11) is 3.96. The Bertz CT molecular complexity index is 391. The van der Waals surface area contributed by atoms with Gasteiger partial charge in [0.1, 0.15) is 0 Å². The van der Waals surface area contributed by atoms with Gasteiger partial charge in [-0.05, 0) is 23.8 Å². The Morgan fingerprint density at radius 3 is 2.29 bits per heavy atom. The molecule has 1 aliphatic rings. The lowest BCUT2D eigenvalue weighted by atomic mass is 10.00. The van der Waals surface area contributed by atoms with Gasteiger partial charge in [0.2, 0.25) is 0 Å². The fourth-order valence-electron chi connectivity index (χ4n) is 3.35. The van der Waals surface area contributed by atoms with Gasteiger partial charge in [0, 0.05) is 25.7 Å². The molecule has 4 heteroatoms. The monoisotopic (exact) mass is 236 g/mol. The topological polar surface area (TPSA) is 42.7 Å². The molecule has 17 heavy (non-hydrogen) atoms. The summed E-state index contributed by atoms with van der Waals surface area (Å²) in [6.45, 7) is 9.44. The van der Waals surface area contributed by atoms with Gasteiger partial charge in [0.25, 0.3) is 0 Å². The van der Waals surface area contributed by atoms with E-state index in [1.807, 2.05) is 20.3 Å². The number of hydrogen-bond acceptors (Lipinski definition) is 3. The molecule has 0 saturated heterocycles. The lowest BCUT2D eigenvalue weighted by Crippen LogP contribution is -2.32. The van der Waals surface area contributed by atoms with E-state index in [0.29, 0.717) is 22.8 Å². The Morgan fingerprint density at radius 2 is 1.94 bits per heavy atom. The van der Waals surface area contributed by atoms with Crippen LogP contribution in [-0.4, -0.2) is 28.1 Å². The molecule has 1 aromatic rings. The van der Waals surface area contributed by atoms with E-state index in [4.69, 9.17) is 0 Å². The van der Waals surface area contributed by atoms with E-state index in [-0.39, 0.29) is 0 Å². The summed E-state index contributed by atoms with van der Waals surface area (Å²) in [6.07, 6.45) is 2.97. The molecule has 0 radical (unpaired) electrons. The van der Waals surface area contributed by atoms with Crippen LogP contribution in [0.25, 0.3) is 0 Å². The Kier molecular flexibility index (Phi) is 2.81. The SMILES string of the molecule is CNC(Cc1cn(C)nn1)C1C(C)(C)C1(C)C. The maximum Gasteiger partial charge on any atom is 0.0842 e. The summed E-state index contributed by atoms with van der Waals surface area (Å²) < 4.78 is 1.77. The average molecular weight is 236 g/mol. The second-order valence-electron chi connectivity index (χ2n) is 6.40. The summed E-state index contributed by atoms with van der Waals surface area (Å²) in [5.41, 5.74) is 1.89. The summed E-state index contributed by atoms with van der Waals surface area (Å²) in [4.78, 5) is 0. The first-order valence-electron chi connectivity index (χ1n) is 6.33. The van der Waals surface area contributed by atoms with Crippen LogP contribution in [-0.2, 0) is 13.5 Å². The van der Waals surface area contributed by atoms with E-state index >= 15 is 0 Å². The van der Waals surface area contributed by atoms with Gasteiger partial charge in [0.05, 0.1) is 5.69 Å². The number of nitrogens with one attached hydrogen (secondary N) is 1. The molecule has 2 rings (SSSR count). The molecule has 0 aliphatic heterocycles. The van der Waals surface area contributed by atoms with Gasteiger partial charge in [0.15, 0.2) is 0 Å². The van der Waals surface area contributed by atoms with Crippen molar-refractivity contribution in [2.45, 2.75) is 40.2 Å². The summed E-state index contributed by atoms with van der Waals surface area (Å²) in [6, 6.07) is 0.483. The average Bonchev–Trinajstić information content (AvgIpc) is 2.55. The van der Waals surface area contributed by atoms with Crippen molar-refractivity contribution in [2.24, 2.45) is 23.8 Å². The Morgan fingerprint density at radius 1 is 1.35 bits per heavy atom. The van der Waals surface area contributed by atoms with Crippen LogP contribution in [0.3, 0.4) is 0 Å². The van der Waals surface area contributed by atoms with Crippen LogP contribution in [0, 0.1) is 16.7 Å². The molecular formula is C13H24N4. The number of aryl methyl sites for hydroxylation is 1. The molecule has 0 spiro atoms. The highest BCUT2D eigenvalue weighted by Gasteiger charge is 2.66. The molecule has 0 bridgehead atoms. The third kappa shape index (κ3) is 1.88. The molecule has 0 amide bonds. The number of nitrogens with zero attached hydrogens (tertiary/aromatic N) is 3. The number of rotatable bonds is 4. The van der Waals surface area contributed by atoms with Crippen LogP contribution in [0.5, 0.6) is 0 Å². The van der Waals surface area contributed by atoms with Crippen molar-refractivity contribution in [2.75, 3.05) is 7.05 Å². The first-order chi connectivity index (χ1) is 7.80. The molecular weight excluding hydrogens is 212 g/mol. The van der Waals surface area contributed by atoms with E-state index in [1.165, 1.54) is 0 Å². The predicted molar refractivity (Wildman–Crippen MR) is 68.6 cm³/mol. The second-order valence-corrected chi connectivity index (χ2v) is 6.40. The van der Waals surface area contributed by atoms with Crippen LogP contribution in [0.1, 0.15) is 33.4 Å². The van der Waals surface area contributed by atoms with Crippen molar-refractivity contribution < 1.29 is 0 Å². The molecule has 1 fully saturated rings. The standard InChI is InChI=1S/C13H24N4/c1-12(2)11(13(12,3)4)10(14-5)7-9-8-17(6)16-15-9/h8,10-11,14H,7H2,1-6H3. The molecule has 0 aromatic carbocycles. The zero-order valence-electron chi connectivity index (χ0n) is 11.8. The predicted octanol–water partition coefficient (Wildman–Crippen LogP) is 1.63. The zero-order chi connectivity index (χ0) is 12.8. The van der Waals surface area contributed by atoms with E-state index < -0.39 is 0 Å². The van der Waals surface area contributed by atoms with E-state index in [0.717, 1.165) is 12.1 Å². The number of hydrogen-bond donors (Lipinski definition) is 1. The van der Waals surface area contributed by atoms with Gasteiger partial charge >= 0.3 is 0 Å². The highest BCUT2D eigenvalue weighted by Crippen LogP contribution is 2.69. The molecule has 1 N–H and O–H groups in total. The van der Waals surface area contributed by atoms with Gasteiger partial charge in [-0.2, -0.15) is 0 Å². The lowest BCUT2D eigenvalue weighted by Gasteiger charge is -2.17. The third-order valence-corrected chi connectivity index (χ3v) is 4.98. The van der Waals surface area contributed by atoms with Crippen molar-refractivity contribution in [3.05, 3.63) is 11.9 Å². The van der Waals surface area contributed by atoms with Crippen LogP contribution in [0.15, 0.2) is 6.20 Å². The highest BCUT2D eigenvalue weighted by atomic mass is 15.4. The highest BCUT2D eigenvalue weighted by molar-refractivity contribution is 5.17. The van der Waals surface area contributed by atoms with Gasteiger partial charge < -0.3 is 5.32 Å². The largest absolute Gasteiger partial charge is 0.316 e. The fourth-order valence-corrected chi connectivity index (χ4v) is 3.35. The van der Waals surface area contributed by atoms with Gasteiger partial charge in [-0.25, -0.2) is 0 Å². The molecule has 4 nitrogen and oxygen atoms in total. The van der Waals surface area contributed by atoms with E-state index in [1.54, 1.807) is 4.68 Å². The molecule has 1 unspecified atom stereocenters. The molecule has 1 saturated carbocycles. The van der Waals surface area contributed by atoms with Crippen molar-refractivity contribution in [3.63, 3.8) is 0 Å².